The number of aromatic nitrogens is 4. The Kier molecular flexibility index (Phi) is 4.03. The standard InChI is InChI=1S/C19H23N5O2S/c1-12-5-6-13-14(9-12)27-18-16(13)17-21-24(19(26)23(17)11-20-18)10-15(25)22-7-3-2-4-8-22/h11-12H,2-10H2,1H3. The number of hydrogen-bond acceptors (Lipinski definition) is 5. The Balaban J connectivity index is 1.57. The number of nitrogens with zero attached hydrogens (tertiary/aromatic N) is 5. The van der Waals surface area contributed by atoms with Gasteiger partial charge in [0, 0.05) is 18.0 Å². The van der Waals surface area contributed by atoms with Crippen molar-refractivity contribution in [3.05, 3.63) is 27.3 Å². The van der Waals surface area contributed by atoms with Crippen LogP contribution in [0.3, 0.4) is 0 Å². The summed E-state index contributed by atoms with van der Waals surface area (Å²) in [7, 11) is 0. The molecule has 0 spiro atoms. The second-order valence-corrected chi connectivity index (χ2v) is 8.94. The van der Waals surface area contributed by atoms with E-state index < -0.39 is 0 Å². The third-order valence-electron chi connectivity index (χ3n) is 5.87. The number of hydrogen-bond donors (Lipinski definition) is 0. The number of piperidine rings is 1. The van der Waals surface area contributed by atoms with Crippen LogP contribution in [0, 0.1) is 5.92 Å². The number of rotatable bonds is 2. The van der Waals surface area contributed by atoms with E-state index in [1.54, 1.807) is 17.7 Å². The Morgan fingerprint density at radius 1 is 1.30 bits per heavy atom. The van der Waals surface area contributed by atoms with Crippen molar-refractivity contribution in [2.24, 2.45) is 5.92 Å². The van der Waals surface area contributed by atoms with Crippen LogP contribution in [-0.4, -0.2) is 43.1 Å². The molecule has 1 atom stereocenters. The maximum atomic E-state index is 12.8. The van der Waals surface area contributed by atoms with Gasteiger partial charge in [-0.25, -0.2) is 18.9 Å². The van der Waals surface area contributed by atoms with Crippen molar-refractivity contribution in [2.45, 2.75) is 52.0 Å². The highest BCUT2D eigenvalue weighted by atomic mass is 32.1. The fourth-order valence-electron chi connectivity index (χ4n) is 4.34. The summed E-state index contributed by atoms with van der Waals surface area (Å²) in [6, 6.07) is 0. The molecule has 3 aromatic rings. The summed E-state index contributed by atoms with van der Waals surface area (Å²) in [4.78, 5) is 34.1. The molecule has 1 unspecified atom stereocenters. The number of amides is 1. The zero-order chi connectivity index (χ0) is 18.5. The van der Waals surface area contributed by atoms with E-state index in [1.807, 2.05) is 4.90 Å². The van der Waals surface area contributed by atoms with E-state index in [1.165, 1.54) is 25.9 Å². The van der Waals surface area contributed by atoms with Crippen LogP contribution in [0.15, 0.2) is 11.1 Å². The van der Waals surface area contributed by atoms with Crippen LogP contribution in [0.2, 0.25) is 0 Å². The molecule has 0 radical (unpaired) electrons. The molecule has 142 valence electrons. The second kappa shape index (κ2) is 6.44. The van der Waals surface area contributed by atoms with E-state index in [0.29, 0.717) is 11.6 Å². The Morgan fingerprint density at radius 2 is 2.11 bits per heavy atom. The zero-order valence-corrected chi connectivity index (χ0v) is 16.3. The lowest BCUT2D eigenvalue weighted by molar-refractivity contribution is -0.132. The number of aryl methyl sites for hydroxylation is 1. The Hall–Kier alpha value is -2.22. The quantitative estimate of drug-likeness (QED) is 0.678. The summed E-state index contributed by atoms with van der Waals surface area (Å²) in [5.74, 6) is 0.661. The van der Waals surface area contributed by atoms with Gasteiger partial charge < -0.3 is 4.90 Å². The first-order valence-electron chi connectivity index (χ1n) is 9.78. The average Bonchev–Trinajstić information content (AvgIpc) is 3.19. The fraction of sp³-hybridized carbons (Fsp3) is 0.579. The Morgan fingerprint density at radius 3 is 2.93 bits per heavy atom. The van der Waals surface area contributed by atoms with Crippen LogP contribution in [0.4, 0.5) is 0 Å². The molecule has 7 nitrogen and oxygen atoms in total. The predicted octanol–water partition coefficient (Wildman–Crippen LogP) is 2.24. The van der Waals surface area contributed by atoms with Crippen molar-refractivity contribution in [3.8, 4) is 0 Å². The first kappa shape index (κ1) is 16.9. The number of fused-ring (bicyclic) bond motifs is 5. The van der Waals surface area contributed by atoms with Crippen LogP contribution in [-0.2, 0) is 24.2 Å². The van der Waals surface area contributed by atoms with Crippen LogP contribution >= 0.6 is 11.3 Å². The summed E-state index contributed by atoms with van der Waals surface area (Å²) in [5, 5.41) is 5.57. The predicted molar refractivity (Wildman–Crippen MR) is 104 cm³/mol. The lowest BCUT2D eigenvalue weighted by atomic mass is 9.89. The second-order valence-electron chi connectivity index (χ2n) is 7.85. The average molecular weight is 385 g/mol. The molecular formula is C19H23N5O2S. The van der Waals surface area contributed by atoms with Gasteiger partial charge in [-0.1, -0.05) is 6.92 Å². The maximum absolute atomic E-state index is 12.8. The minimum absolute atomic E-state index is 0.00533. The third kappa shape index (κ3) is 2.77. The zero-order valence-electron chi connectivity index (χ0n) is 15.5. The van der Waals surface area contributed by atoms with Gasteiger partial charge in [0.2, 0.25) is 5.91 Å². The number of likely N-dealkylation sites (tertiary alicyclic amines) is 1. The van der Waals surface area contributed by atoms with Crippen LogP contribution in [0.1, 0.15) is 43.0 Å². The van der Waals surface area contributed by atoms with Crippen LogP contribution in [0.25, 0.3) is 15.9 Å². The fourth-order valence-corrected chi connectivity index (χ4v) is 5.68. The molecule has 1 fully saturated rings. The molecule has 27 heavy (non-hydrogen) atoms. The summed E-state index contributed by atoms with van der Waals surface area (Å²) in [6.07, 6.45) is 8.03. The van der Waals surface area contributed by atoms with Gasteiger partial charge in [-0.05, 0) is 50.0 Å². The van der Waals surface area contributed by atoms with E-state index in [9.17, 15) is 9.59 Å². The van der Waals surface area contributed by atoms with Gasteiger partial charge in [-0.3, -0.25) is 4.79 Å². The third-order valence-corrected chi connectivity index (χ3v) is 7.03. The first-order valence-corrected chi connectivity index (χ1v) is 10.6. The molecule has 1 amide bonds. The number of thiophene rings is 1. The van der Waals surface area contributed by atoms with E-state index in [0.717, 1.165) is 55.4 Å². The Labute approximate surface area is 160 Å². The SMILES string of the molecule is CC1CCc2c(sc3ncn4c(=O)n(CC(=O)N5CCCCC5)nc4c23)C1. The molecule has 1 aliphatic heterocycles. The van der Waals surface area contributed by atoms with Gasteiger partial charge >= 0.3 is 5.69 Å². The molecule has 5 rings (SSSR count). The molecule has 8 heteroatoms. The summed E-state index contributed by atoms with van der Waals surface area (Å²) in [6.45, 7) is 3.85. The molecule has 3 aromatic heterocycles. The van der Waals surface area contributed by atoms with Crippen molar-refractivity contribution in [2.75, 3.05) is 13.1 Å². The molecule has 2 aliphatic rings. The van der Waals surface area contributed by atoms with Crippen molar-refractivity contribution >= 4 is 33.1 Å². The molecule has 0 saturated carbocycles. The van der Waals surface area contributed by atoms with E-state index >= 15 is 0 Å². The van der Waals surface area contributed by atoms with Gasteiger partial charge in [0.25, 0.3) is 0 Å². The van der Waals surface area contributed by atoms with Gasteiger partial charge in [-0.2, -0.15) is 0 Å². The summed E-state index contributed by atoms with van der Waals surface area (Å²) >= 11 is 1.72. The van der Waals surface area contributed by atoms with Gasteiger partial charge in [-0.15, -0.1) is 16.4 Å². The van der Waals surface area contributed by atoms with Crippen molar-refractivity contribution < 1.29 is 4.79 Å². The van der Waals surface area contributed by atoms with Crippen LogP contribution < -0.4 is 5.69 Å². The normalized spacial score (nSPS) is 20.3. The topological polar surface area (TPSA) is 72.5 Å². The minimum Gasteiger partial charge on any atom is -0.341 e. The largest absolute Gasteiger partial charge is 0.352 e. The van der Waals surface area contributed by atoms with Crippen molar-refractivity contribution in [1.82, 2.24) is 24.1 Å². The highest BCUT2D eigenvalue weighted by molar-refractivity contribution is 7.19. The molecular weight excluding hydrogens is 362 g/mol. The van der Waals surface area contributed by atoms with E-state index in [2.05, 4.69) is 17.0 Å². The Bertz CT molecular complexity index is 1090. The lowest BCUT2D eigenvalue weighted by Crippen LogP contribution is -2.39. The van der Waals surface area contributed by atoms with Gasteiger partial charge in [0.1, 0.15) is 17.7 Å². The van der Waals surface area contributed by atoms with Crippen LogP contribution in [0.5, 0.6) is 0 Å². The highest BCUT2D eigenvalue weighted by Crippen LogP contribution is 2.38. The van der Waals surface area contributed by atoms with Crippen molar-refractivity contribution in [3.63, 3.8) is 0 Å². The maximum Gasteiger partial charge on any atom is 0.352 e. The van der Waals surface area contributed by atoms with E-state index in [4.69, 9.17) is 0 Å². The van der Waals surface area contributed by atoms with Gasteiger partial charge in [0.15, 0.2) is 5.65 Å². The lowest BCUT2D eigenvalue weighted by Gasteiger charge is -2.26. The smallest absolute Gasteiger partial charge is 0.341 e. The van der Waals surface area contributed by atoms with E-state index in [-0.39, 0.29) is 18.1 Å². The molecule has 4 heterocycles. The molecule has 1 aliphatic carbocycles. The molecule has 0 aromatic carbocycles. The van der Waals surface area contributed by atoms with Crippen molar-refractivity contribution in [1.29, 1.82) is 0 Å². The summed E-state index contributed by atoms with van der Waals surface area (Å²) in [5.41, 5.74) is 1.66. The summed E-state index contributed by atoms with van der Waals surface area (Å²) < 4.78 is 2.81. The number of carbonyl (C=O) groups is 1. The minimum atomic E-state index is -0.283. The molecule has 0 N–H and O–H groups in total. The molecule has 1 saturated heterocycles. The highest BCUT2D eigenvalue weighted by Gasteiger charge is 2.25. The monoisotopic (exact) mass is 385 g/mol. The number of carbonyl (C=O) groups excluding carboxylic acids is 1. The first-order chi connectivity index (χ1) is 13.1. The molecule has 0 bridgehead atoms. The van der Waals surface area contributed by atoms with Gasteiger partial charge in [0.05, 0.1) is 5.39 Å².